The van der Waals surface area contributed by atoms with E-state index in [1.807, 2.05) is 0 Å². The van der Waals surface area contributed by atoms with Crippen molar-refractivity contribution in [1.29, 1.82) is 0 Å². The first kappa shape index (κ1) is 14.4. The van der Waals surface area contributed by atoms with Crippen LogP contribution in [-0.4, -0.2) is 6.54 Å². The minimum absolute atomic E-state index is 0.409. The summed E-state index contributed by atoms with van der Waals surface area (Å²) in [5.74, 6) is 0.203. The molecule has 1 aliphatic rings. The average Bonchev–Trinajstić information content (AvgIpc) is 2.41. The molecule has 106 valence electrons. The molecule has 1 N–H and O–H groups in total. The quantitative estimate of drug-likeness (QED) is 0.786. The topological polar surface area (TPSA) is 12.0 Å². The molecule has 1 fully saturated rings. The highest BCUT2D eigenvalue weighted by Gasteiger charge is 2.17. The summed E-state index contributed by atoms with van der Waals surface area (Å²) in [6.45, 7) is 3.61. The first-order chi connectivity index (χ1) is 9.16. The van der Waals surface area contributed by atoms with Gasteiger partial charge in [-0.15, -0.1) is 0 Å². The Morgan fingerprint density at radius 2 is 1.89 bits per heavy atom. The van der Waals surface area contributed by atoms with Crippen LogP contribution in [-0.2, 0) is 6.54 Å². The van der Waals surface area contributed by atoms with Crippen molar-refractivity contribution < 1.29 is 8.78 Å². The molecular formula is C16H23F2N. The first-order valence-corrected chi connectivity index (χ1v) is 7.30. The molecule has 0 aromatic heterocycles. The van der Waals surface area contributed by atoms with Crippen molar-refractivity contribution in [1.82, 2.24) is 5.32 Å². The summed E-state index contributed by atoms with van der Waals surface area (Å²) >= 11 is 0. The third-order valence-electron chi connectivity index (χ3n) is 4.21. The third-order valence-corrected chi connectivity index (χ3v) is 4.21. The summed E-state index contributed by atoms with van der Waals surface area (Å²) < 4.78 is 26.4. The Morgan fingerprint density at radius 3 is 2.63 bits per heavy atom. The van der Waals surface area contributed by atoms with E-state index >= 15 is 0 Å². The van der Waals surface area contributed by atoms with Crippen LogP contribution in [0.3, 0.4) is 0 Å². The molecule has 0 aliphatic heterocycles. The Morgan fingerprint density at radius 1 is 1.16 bits per heavy atom. The second-order valence-electron chi connectivity index (χ2n) is 5.80. The van der Waals surface area contributed by atoms with Gasteiger partial charge in [0.1, 0.15) is 0 Å². The monoisotopic (exact) mass is 267 g/mol. The van der Waals surface area contributed by atoms with E-state index in [9.17, 15) is 8.78 Å². The summed E-state index contributed by atoms with van der Waals surface area (Å²) in [6, 6.07) is 4.34. The predicted molar refractivity (Wildman–Crippen MR) is 73.8 cm³/mol. The minimum Gasteiger partial charge on any atom is -0.313 e. The maximum Gasteiger partial charge on any atom is 0.163 e. The Kier molecular flexibility index (Phi) is 5.32. The van der Waals surface area contributed by atoms with Gasteiger partial charge >= 0.3 is 0 Å². The van der Waals surface area contributed by atoms with Gasteiger partial charge in [-0.1, -0.05) is 44.7 Å². The summed E-state index contributed by atoms with van der Waals surface area (Å²) in [5, 5.41) is 3.22. The van der Waals surface area contributed by atoms with Gasteiger partial charge in [-0.05, 0) is 30.9 Å². The zero-order valence-corrected chi connectivity index (χ0v) is 11.6. The molecule has 1 aromatic carbocycles. The normalized spacial score (nSPS) is 23.5. The molecule has 0 heterocycles. The van der Waals surface area contributed by atoms with E-state index in [1.165, 1.54) is 25.7 Å². The predicted octanol–water partition coefficient (Wildman–Crippen LogP) is 4.27. The molecule has 0 saturated heterocycles. The molecule has 1 aromatic rings. The molecule has 2 rings (SSSR count). The summed E-state index contributed by atoms with van der Waals surface area (Å²) in [5.41, 5.74) is 0.414. The Labute approximate surface area is 114 Å². The SMILES string of the molecule is CC1CCC(CCNCc2cccc(F)c2F)CC1. The van der Waals surface area contributed by atoms with Crippen LogP contribution in [0.25, 0.3) is 0 Å². The smallest absolute Gasteiger partial charge is 0.163 e. The maximum atomic E-state index is 13.4. The first-order valence-electron chi connectivity index (χ1n) is 7.30. The van der Waals surface area contributed by atoms with Crippen LogP contribution in [0, 0.1) is 23.5 Å². The molecule has 1 nitrogen and oxygen atoms in total. The van der Waals surface area contributed by atoms with Crippen molar-refractivity contribution in [3.05, 3.63) is 35.4 Å². The van der Waals surface area contributed by atoms with Crippen molar-refractivity contribution in [2.45, 2.75) is 45.6 Å². The van der Waals surface area contributed by atoms with E-state index < -0.39 is 11.6 Å². The highest BCUT2D eigenvalue weighted by molar-refractivity contribution is 5.18. The van der Waals surface area contributed by atoms with Gasteiger partial charge in [0.2, 0.25) is 0 Å². The van der Waals surface area contributed by atoms with Crippen molar-refractivity contribution in [2.24, 2.45) is 11.8 Å². The summed E-state index contributed by atoms with van der Waals surface area (Å²) in [6.07, 6.45) is 6.45. The average molecular weight is 267 g/mol. The molecular weight excluding hydrogens is 244 g/mol. The lowest BCUT2D eigenvalue weighted by Gasteiger charge is -2.26. The van der Waals surface area contributed by atoms with Crippen LogP contribution in [0.4, 0.5) is 8.78 Å². The molecule has 0 bridgehead atoms. The van der Waals surface area contributed by atoms with Gasteiger partial charge in [-0.2, -0.15) is 0 Å². The second-order valence-corrected chi connectivity index (χ2v) is 5.80. The van der Waals surface area contributed by atoms with Gasteiger partial charge in [0.15, 0.2) is 11.6 Å². The second kappa shape index (κ2) is 6.99. The van der Waals surface area contributed by atoms with E-state index in [0.717, 1.165) is 30.9 Å². The van der Waals surface area contributed by atoms with E-state index in [4.69, 9.17) is 0 Å². The molecule has 0 atom stereocenters. The van der Waals surface area contributed by atoms with Crippen LogP contribution in [0.1, 0.15) is 44.6 Å². The van der Waals surface area contributed by atoms with Crippen LogP contribution in [0.2, 0.25) is 0 Å². The molecule has 1 aliphatic carbocycles. The number of nitrogens with one attached hydrogen (secondary N) is 1. The summed E-state index contributed by atoms with van der Waals surface area (Å²) in [4.78, 5) is 0. The third kappa shape index (κ3) is 4.27. The highest BCUT2D eigenvalue weighted by Crippen LogP contribution is 2.29. The van der Waals surface area contributed by atoms with E-state index in [0.29, 0.717) is 12.1 Å². The fourth-order valence-corrected chi connectivity index (χ4v) is 2.83. The largest absolute Gasteiger partial charge is 0.313 e. The number of halogens is 2. The zero-order valence-electron chi connectivity index (χ0n) is 11.6. The van der Waals surface area contributed by atoms with Gasteiger partial charge < -0.3 is 5.32 Å². The molecule has 3 heteroatoms. The Hall–Kier alpha value is -0.960. The molecule has 1 saturated carbocycles. The maximum absolute atomic E-state index is 13.4. The molecule has 0 radical (unpaired) electrons. The van der Waals surface area contributed by atoms with Gasteiger partial charge in [0.05, 0.1) is 0 Å². The fraction of sp³-hybridized carbons (Fsp3) is 0.625. The molecule has 0 unspecified atom stereocenters. The van der Waals surface area contributed by atoms with E-state index in [2.05, 4.69) is 12.2 Å². The number of benzene rings is 1. The summed E-state index contributed by atoms with van der Waals surface area (Å²) in [7, 11) is 0. The van der Waals surface area contributed by atoms with Crippen LogP contribution < -0.4 is 5.32 Å². The van der Waals surface area contributed by atoms with Gasteiger partial charge in [0.25, 0.3) is 0 Å². The molecule has 0 amide bonds. The van der Waals surface area contributed by atoms with Crippen molar-refractivity contribution in [2.75, 3.05) is 6.54 Å². The van der Waals surface area contributed by atoms with Crippen molar-refractivity contribution >= 4 is 0 Å². The van der Waals surface area contributed by atoms with E-state index in [-0.39, 0.29) is 0 Å². The fourth-order valence-electron chi connectivity index (χ4n) is 2.83. The van der Waals surface area contributed by atoms with Crippen molar-refractivity contribution in [3.8, 4) is 0 Å². The Balaban J connectivity index is 1.68. The van der Waals surface area contributed by atoms with Crippen molar-refractivity contribution in [3.63, 3.8) is 0 Å². The lowest BCUT2D eigenvalue weighted by Crippen LogP contribution is -2.21. The lowest BCUT2D eigenvalue weighted by molar-refractivity contribution is 0.275. The Bertz CT molecular complexity index is 398. The van der Waals surface area contributed by atoms with E-state index in [1.54, 1.807) is 12.1 Å². The molecule has 19 heavy (non-hydrogen) atoms. The zero-order chi connectivity index (χ0) is 13.7. The van der Waals surface area contributed by atoms with Crippen LogP contribution in [0.5, 0.6) is 0 Å². The number of hydrogen-bond acceptors (Lipinski definition) is 1. The van der Waals surface area contributed by atoms with Crippen LogP contribution in [0.15, 0.2) is 18.2 Å². The van der Waals surface area contributed by atoms with Gasteiger partial charge in [-0.25, -0.2) is 8.78 Å². The highest BCUT2D eigenvalue weighted by atomic mass is 19.2. The molecule has 0 spiro atoms. The standard InChI is InChI=1S/C16H23F2N/c1-12-5-7-13(8-6-12)9-10-19-11-14-3-2-4-15(17)16(14)18/h2-4,12-13,19H,5-11H2,1H3. The van der Waals surface area contributed by atoms with Gasteiger partial charge in [0, 0.05) is 12.1 Å². The lowest BCUT2D eigenvalue weighted by atomic mass is 9.81. The number of hydrogen-bond donors (Lipinski definition) is 1. The van der Waals surface area contributed by atoms with Crippen LogP contribution >= 0.6 is 0 Å². The van der Waals surface area contributed by atoms with Gasteiger partial charge in [-0.3, -0.25) is 0 Å². The number of rotatable bonds is 5. The minimum atomic E-state index is -0.763.